The summed E-state index contributed by atoms with van der Waals surface area (Å²) in [4.78, 5) is 26.0. The number of nitrogens with one attached hydrogen (secondary N) is 1. The molecule has 0 fully saturated rings. The predicted octanol–water partition coefficient (Wildman–Crippen LogP) is 2.32. The first kappa shape index (κ1) is 15.1. The standard InChI is InChI=1S/C16H20N4OS/c1-10-7-8-17-14(20(2)3)12(10)9-22-16-18-13-6-4-5-11(13)15(21)19-16/h7-8H,4-6,9H2,1-3H3,(H,18,19,21). The molecule has 0 spiro atoms. The molecule has 2 aromatic rings. The summed E-state index contributed by atoms with van der Waals surface area (Å²) < 4.78 is 0. The van der Waals surface area contributed by atoms with Gasteiger partial charge in [0.05, 0.1) is 5.69 Å². The quantitative estimate of drug-likeness (QED) is 0.693. The van der Waals surface area contributed by atoms with E-state index in [0.29, 0.717) is 5.16 Å². The topological polar surface area (TPSA) is 61.9 Å². The van der Waals surface area contributed by atoms with Gasteiger partial charge in [0.2, 0.25) is 0 Å². The number of aromatic nitrogens is 3. The average molecular weight is 316 g/mol. The molecule has 22 heavy (non-hydrogen) atoms. The largest absolute Gasteiger partial charge is 0.362 e. The van der Waals surface area contributed by atoms with Crippen molar-refractivity contribution in [2.75, 3.05) is 19.0 Å². The van der Waals surface area contributed by atoms with E-state index in [9.17, 15) is 4.79 Å². The number of anilines is 1. The summed E-state index contributed by atoms with van der Waals surface area (Å²) in [5.74, 6) is 1.71. The van der Waals surface area contributed by atoms with Gasteiger partial charge in [0.25, 0.3) is 5.56 Å². The van der Waals surface area contributed by atoms with E-state index < -0.39 is 0 Å². The Kier molecular flexibility index (Phi) is 4.20. The Balaban J connectivity index is 1.85. The molecular formula is C16H20N4OS. The molecule has 0 saturated heterocycles. The van der Waals surface area contributed by atoms with Crippen LogP contribution in [0.5, 0.6) is 0 Å². The summed E-state index contributed by atoms with van der Waals surface area (Å²) in [6, 6.07) is 2.02. The van der Waals surface area contributed by atoms with Crippen molar-refractivity contribution in [2.24, 2.45) is 0 Å². The third-order valence-corrected chi connectivity index (χ3v) is 4.86. The van der Waals surface area contributed by atoms with E-state index in [0.717, 1.165) is 42.1 Å². The van der Waals surface area contributed by atoms with E-state index in [-0.39, 0.29) is 5.56 Å². The zero-order valence-corrected chi connectivity index (χ0v) is 14.0. The molecule has 1 aliphatic rings. The minimum Gasteiger partial charge on any atom is -0.362 e. The summed E-state index contributed by atoms with van der Waals surface area (Å²) in [5, 5.41) is 0.707. The molecule has 0 bridgehead atoms. The van der Waals surface area contributed by atoms with Crippen molar-refractivity contribution in [2.45, 2.75) is 37.1 Å². The van der Waals surface area contributed by atoms with Gasteiger partial charge < -0.3 is 9.88 Å². The SMILES string of the molecule is Cc1ccnc(N(C)C)c1CSc1nc2c(c(=O)[nH]1)CCC2. The van der Waals surface area contributed by atoms with E-state index in [1.807, 2.05) is 31.3 Å². The monoisotopic (exact) mass is 316 g/mol. The highest BCUT2D eigenvalue weighted by molar-refractivity contribution is 7.98. The van der Waals surface area contributed by atoms with Gasteiger partial charge in [0.1, 0.15) is 5.82 Å². The molecule has 0 radical (unpaired) electrons. The highest BCUT2D eigenvalue weighted by Crippen LogP contribution is 2.27. The van der Waals surface area contributed by atoms with E-state index >= 15 is 0 Å². The molecule has 1 aliphatic carbocycles. The van der Waals surface area contributed by atoms with Gasteiger partial charge in [-0.05, 0) is 37.8 Å². The second-order valence-electron chi connectivity index (χ2n) is 5.76. The fraction of sp³-hybridized carbons (Fsp3) is 0.438. The molecular weight excluding hydrogens is 296 g/mol. The molecule has 1 N–H and O–H groups in total. The van der Waals surface area contributed by atoms with E-state index in [4.69, 9.17) is 0 Å². The Labute approximate surface area is 134 Å². The summed E-state index contributed by atoms with van der Waals surface area (Å²) in [6.07, 6.45) is 4.64. The van der Waals surface area contributed by atoms with Gasteiger partial charge >= 0.3 is 0 Å². The molecule has 3 rings (SSSR count). The smallest absolute Gasteiger partial charge is 0.254 e. The number of aryl methyl sites for hydroxylation is 2. The maximum Gasteiger partial charge on any atom is 0.254 e. The van der Waals surface area contributed by atoms with Crippen molar-refractivity contribution in [1.29, 1.82) is 0 Å². The fourth-order valence-electron chi connectivity index (χ4n) is 2.77. The van der Waals surface area contributed by atoms with Gasteiger partial charge in [-0.2, -0.15) is 0 Å². The van der Waals surface area contributed by atoms with Crippen LogP contribution in [0.4, 0.5) is 5.82 Å². The number of fused-ring (bicyclic) bond motifs is 1. The number of rotatable bonds is 4. The van der Waals surface area contributed by atoms with Gasteiger partial charge in [-0.3, -0.25) is 4.79 Å². The van der Waals surface area contributed by atoms with Gasteiger partial charge in [-0.15, -0.1) is 0 Å². The Hall–Kier alpha value is -1.82. The number of thioether (sulfide) groups is 1. The van der Waals surface area contributed by atoms with Crippen LogP contribution in [0.2, 0.25) is 0 Å². The number of aromatic amines is 1. The third-order valence-electron chi connectivity index (χ3n) is 3.96. The second-order valence-corrected chi connectivity index (χ2v) is 6.73. The molecule has 0 aromatic carbocycles. The van der Waals surface area contributed by atoms with Crippen molar-refractivity contribution >= 4 is 17.6 Å². The van der Waals surface area contributed by atoms with Crippen LogP contribution in [-0.4, -0.2) is 29.0 Å². The Morgan fingerprint density at radius 3 is 2.95 bits per heavy atom. The highest BCUT2D eigenvalue weighted by atomic mass is 32.2. The van der Waals surface area contributed by atoms with Gasteiger partial charge in [0.15, 0.2) is 5.16 Å². The number of hydrogen-bond acceptors (Lipinski definition) is 5. The fourth-order valence-corrected chi connectivity index (χ4v) is 3.74. The van der Waals surface area contributed by atoms with E-state index in [1.165, 1.54) is 11.1 Å². The van der Waals surface area contributed by atoms with Gasteiger partial charge in [-0.25, -0.2) is 9.97 Å². The molecule has 5 nitrogen and oxygen atoms in total. The average Bonchev–Trinajstić information content (AvgIpc) is 2.94. The number of nitrogens with zero attached hydrogens (tertiary/aromatic N) is 3. The van der Waals surface area contributed by atoms with Crippen molar-refractivity contribution in [3.05, 3.63) is 45.0 Å². The molecule has 2 heterocycles. The lowest BCUT2D eigenvalue weighted by molar-refractivity contribution is 0.869. The molecule has 6 heteroatoms. The Morgan fingerprint density at radius 2 is 2.18 bits per heavy atom. The predicted molar refractivity (Wildman–Crippen MR) is 89.7 cm³/mol. The first-order chi connectivity index (χ1) is 10.6. The molecule has 0 amide bonds. The zero-order chi connectivity index (χ0) is 15.7. The third kappa shape index (κ3) is 2.88. The number of hydrogen-bond donors (Lipinski definition) is 1. The molecule has 0 aliphatic heterocycles. The molecule has 0 saturated carbocycles. The Bertz CT molecular complexity index is 754. The lowest BCUT2D eigenvalue weighted by Crippen LogP contribution is -2.15. The Morgan fingerprint density at radius 1 is 1.36 bits per heavy atom. The van der Waals surface area contributed by atoms with Crippen LogP contribution in [0.3, 0.4) is 0 Å². The molecule has 116 valence electrons. The summed E-state index contributed by atoms with van der Waals surface area (Å²) in [5.41, 5.74) is 4.26. The maximum atomic E-state index is 12.1. The van der Waals surface area contributed by atoms with Crippen LogP contribution in [0.15, 0.2) is 22.2 Å². The zero-order valence-electron chi connectivity index (χ0n) is 13.1. The number of pyridine rings is 1. The van der Waals surface area contributed by atoms with Crippen molar-refractivity contribution in [3.63, 3.8) is 0 Å². The molecule has 0 atom stereocenters. The van der Waals surface area contributed by atoms with Gasteiger partial charge in [0, 0.05) is 37.2 Å². The van der Waals surface area contributed by atoms with E-state index in [2.05, 4.69) is 21.9 Å². The molecule has 0 unspecified atom stereocenters. The minimum atomic E-state index is 0.0285. The van der Waals surface area contributed by atoms with Crippen molar-refractivity contribution in [3.8, 4) is 0 Å². The van der Waals surface area contributed by atoms with Crippen LogP contribution in [0, 0.1) is 6.92 Å². The lowest BCUT2D eigenvalue weighted by atomic mass is 10.1. The summed E-state index contributed by atoms with van der Waals surface area (Å²) in [7, 11) is 3.98. The normalized spacial score (nSPS) is 13.2. The van der Waals surface area contributed by atoms with Crippen LogP contribution in [0.25, 0.3) is 0 Å². The first-order valence-corrected chi connectivity index (χ1v) is 8.41. The van der Waals surface area contributed by atoms with Crippen LogP contribution >= 0.6 is 11.8 Å². The van der Waals surface area contributed by atoms with Crippen molar-refractivity contribution < 1.29 is 0 Å². The lowest BCUT2D eigenvalue weighted by Gasteiger charge is -2.17. The van der Waals surface area contributed by atoms with Gasteiger partial charge in [-0.1, -0.05) is 11.8 Å². The number of H-pyrrole nitrogens is 1. The minimum absolute atomic E-state index is 0.0285. The van der Waals surface area contributed by atoms with E-state index in [1.54, 1.807) is 11.8 Å². The van der Waals surface area contributed by atoms with Crippen molar-refractivity contribution in [1.82, 2.24) is 15.0 Å². The maximum absolute atomic E-state index is 12.1. The highest BCUT2D eigenvalue weighted by Gasteiger charge is 2.18. The second kappa shape index (κ2) is 6.12. The molecule has 2 aromatic heterocycles. The van der Waals surface area contributed by atoms with Crippen LogP contribution < -0.4 is 10.5 Å². The van der Waals surface area contributed by atoms with Crippen LogP contribution in [0.1, 0.15) is 28.8 Å². The van der Waals surface area contributed by atoms with Crippen LogP contribution in [-0.2, 0) is 18.6 Å². The summed E-state index contributed by atoms with van der Waals surface area (Å²) in [6.45, 7) is 2.09. The summed E-state index contributed by atoms with van der Waals surface area (Å²) >= 11 is 1.57. The first-order valence-electron chi connectivity index (χ1n) is 7.43.